The first-order valence-corrected chi connectivity index (χ1v) is 4.78. The van der Waals surface area contributed by atoms with Gasteiger partial charge in [-0.2, -0.15) is 0 Å². The van der Waals surface area contributed by atoms with E-state index in [1.54, 1.807) is 0 Å². The Morgan fingerprint density at radius 3 is 2.62 bits per heavy atom. The summed E-state index contributed by atoms with van der Waals surface area (Å²) in [4.78, 5) is 8.65. The molecule has 0 N–H and O–H groups in total. The molecule has 0 aliphatic carbocycles. The Bertz CT molecular complexity index is 274. The molecular formula is C11H17N2. The lowest BCUT2D eigenvalue weighted by atomic mass is 9.95. The fourth-order valence-corrected chi connectivity index (χ4v) is 1.08. The van der Waals surface area contributed by atoms with Crippen LogP contribution in [0.4, 0.5) is 0 Å². The molecule has 2 nitrogen and oxygen atoms in total. The van der Waals surface area contributed by atoms with Gasteiger partial charge in [-0.1, -0.05) is 34.1 Å². The van der Waals surface area contributed by atoms with Gasteiger partial charge in [0, 0.05) is 11.1 Å². The van der Waals surface area contributed by atoms with Gasteiger partial charge in [-0.3, -0.25) is 0 Å². The third kappa shape index (κ3) is 2.79. The van der Waals surface area contributed by atoms with Gasteiger partial charge in [0.25, 0.3) is 0 Å². The molecule has 0 fully saturated rings. The summed E-state index contributed by atoms with van der Waals surface area (Å²) in [7, 11) is 0. The second-order valence-corrected chi connectivity index (χ2v) is 4.31. The summed E-state index contributed by atoms with van der Waals surface area (Å²) >= 11 is 0. The molecule has 0 bridgehead atoms. The molecule has 1 radical (unpaired) electrons. The minimum Gasteiger partial charge on any atom is -0.237 e. The summed E-state index contributed by atoms with van der Waals surface area (Å²) in [6, 6.07) is 1.87. The molecule has 0 aromatic carbocycles. The average molecular weight is 177 g/mol. The maximum atomic E-state index is 4.49. The molecule has 0 spiro atoms. The molecule has 0 amide bonds. The molecule has 13 heavy (non-hydrogen) atoms. The summed E-state index contributed by atoms with van der Waals surface area (Å²) in [6.07, 6.45) is 5.04. The Labute approximate surface area is 80.4 Å². The van der Waals surface area contributed by atoms with Crippen LogP contribution in [-0.2, 0) is 11.8 Å². The average Bonchev–Trinajstić information content (AvgIpc) is 2.04. The predicted molar refractivity (Wildman–Crippen MR) is 53.6 cm³/mol. The van der Waals surface area contributed by atoms with Gasteiger partial charge in [-0.15, -0.1) is 0 Å². The van der Waals surface area contributed by atoms with Crippen molar-refractivity contribution in [3.05, 3.63) is 23.8 Å². The van der Waals surface area contributed by atoms with Crippen molar-refractivity contribution in [3.63, 3.8) is 0 Å². The Hall–Kier alpha value is -0.920. The standard InChI is InChI=1S/C11H17N2/c1-5-6-9-7-8-12-10(13-9)11(2,3)4/h7H,5-6H2,1-4H3. The van der Waals surface area contributed by atoms with E-state index in [9.17, 15) is 0 Å². The van der Waals surface area contributed by atoms with Crippen LogP contribution in [-0.4, -0.2) is 9.97 Å². The normalized spacial score (nSPS) is 11.7. The maximum Gasteiger partial charge on any atom is 0.134 e. The number of rotatable bonds is 2. The van der Waals surface area contributed by atoms with E-state index in [0.29, 0.717) is 0 Å². The minimum absolute atomic E-state index is 0.0280. The van der Waals surface area contributed by atoms with E-state index >= 15 is 0 Å². The lowest BCUT2D eigenvalue weighted by Crippen LogP contribution is -2.16. The zero-order chi connectivity index (χ0) is 9.90. The van der Waals surface area contributed by atoms with Gasteiger partial charge in [0.05, 0.1) is 6.20 Å². The molecule has 1 aromatic rings. The SMILES string of the molecule is CCCc1c[c]nc(C(C)(C)C)n1. The Balaban J connectivity index is 2.92. The van der Waals surface area contributed by atoms with E-state index < -0.39 is 0 Å². The Morgan fingerprint density at radius 1 is 1.38 bits per heavy atom. The van der Waals surface area contributed by atoms with Crippen LogP contribution in [0.25, 0.3) is 0 Å². The van der Waals surface area contributed by atoms with Gasteiger partial charge in [0.1, 0.15) is 5.82 Å². The van der Waals surface area contributed by atoms with E-state index in [0.717, 1.165) is 24.4 Å². The Kier molecular flexibility index (Phi) is 3.02. The number of nitrogens with zero attached hydrogens (tertiary/aromatic N) is 2. The second kappa shape index (κ2) is 3.86. The molecule has 0 aliphatic rings. The first-order valence-electron chi connectivity index (χ1n) is 4.78. The number of hydrogen-bond acceptors (Lipinski definition) is 2. The Morgan fingerprint density at radius 2 is 2.08 bits per heavy atom. The fourth-order valence-electron chi connectivity index (χ4n) is 1.08. The van der Waals surface area contributed by atoms with Crippen LogP contribution in [0.3, 0.4) is 0 Å². The molecule has 1 aromatic heterocycles. The molecule has 0 saturated carbocycles. The van der Waals surface area contributed by atoms with Crippen LogP contribution >= 0.6 is 0 Å². The molecular weight excluding hydrogens is 160 g/mol. The van der Waals surface area contributed by atoms with Crippen molar-refractivity contribution in [1.29, 1.82) is 0 Å². The molecule has 1 rings (SSSR count). The second-order valence-electron chi connectivity index (χ2n) is 4.31. The van der Waals surface area contributed by atoms with Crippen molar-refractivity contribution in [1.82, 2.24) is 9.97 Å². The van der Waals surface area contributed by atoms with Gasteiger partial charge in [-0.05, 0) is 12.5 Å². The highest BCUT2D eigenvalue weighted by Crippen LogP contribution is 2.17. The van der Waals surface area contributed by atoms with Crippen molar-refractivity contribution in [2.75, 3.05) is 0 Å². The van der Waals surface area contributed by atoms with Crippen molar-refractivity contribution < 1.29 is 0 Å². The molecule has 0 aliphatic heterocycles. The summed E-state index contributed by atoms with van der Waals surface area (Å²) in [6.45, 7) is 8.50. The van der Waals surface area contributed by atoms with E-state index in [1.807, 2.05) is 6.07 Å². The lowest BCUT2D eigenvalue weighted by molar-refractivity contribution is 0.540. The fraction of sp³-hybridized carbons (Fsp3) is 0.636. The zero-order valence-corrected chi connectivity index (χ0v) is 8.89. The van der Waals surface area contributed by atoms with Gasteiger partial charge in [0.15, 0.2) is 0 Å². The minimum atomic E-state index is 0.0280. The topological polar surface area (TPSA) is 25.8 Å². The highest BCUT2D eigenvalue weighted by atomic mass is 14.9. The summed E-state index contributed by atoms with van der Waals surface area (Å²) in [5.74, 6) is 0.887. The molecule has 0 atom stereocenters. The largest absolute Gasteiger partial charge is 0.237 e. The van der Waals surface area contributed by atoms with E-state index in [2.05, 4.69) is 43.9 Å². The van der Waals surface area contributed by atoms with Gasteiger partial charge >= 0.3 is 0 Å². The molecule has 0 unspecified atom stereocenters. The van der Waals surface area contributed by atoms with E-state index in [1.165, 1.54) is 0 Å². The first-order chi connectivity index (χ1) is 6.04. The van der Waals surface area contributed by atoms with Crippen LogP contribution in [0.1, 0.15) is 45.6 Å². The monoisotopic (exact) mass is 177 g/mol. The van der Waals surface area contributed by atoms with Gasteiger partial charge in [0.2, 0.25) is 0 Å². The van der Waals surface area contributed by atoms with Crippen LogP contribution in [0.5, 0.6) is 0 Å². The number of aromatic nitrogens is 2. The van der Waals surface area contributed by atoms with Crippen LogP contribution in [0.15, 0.2) is 6.07 Å². The quantitative estimate of drug-likeness (QED) is 0.693. The zero-order valence-electron chi connectivity index (χ0n) is 8.89. The third-order valence-electron chi connectivity index (χ3n) is 1.83. The van der Waals surface area contributed by atoms with E-state index in [4.69, 9.17) is 0 Å². The van der Waals surface area contributed by atoms with E-state index in [-0.39, 0.29) is 5.41 Å². The highest BCUT2D eigenvalue weighted by Gasteiger charge is 2.16. The van der Waals surface area contributed by atoms with Crippen molar-refractivity contribution in [2.45, 2.75) is 46.0 Å². The van der Waals surface area contributed by atoms with Crippen molar-refractivity contribution in [3.8, 4) is 0 Å². The van der Waals surface area contributed by atoms with Crippen molar-refractivity contribution >= 4 is 0 Å². The third-order valence-corrected chi connectivity index (χ3v) is 1.83. The number of aryl methyl sites for hydroxylation is 1. The molecule has 71 valence electrons. The molecule has 2 heteroatoms. The number of hydrogen-bond donors (Lipinski definition) is 0. The summed E-state index contributed by atoms with van der Waals surface area (Å²) < 4.78 is 0. The van der Waals surface area contributed by atoms with Gasteiger partial charge in [-0.25, -0.2) is 9.97 Å². The van der Waals surface area contributed by atoms with Crippen LogP contribution < -0.4 is 0 Å². The summed E-state index contributed by atoms with van der Waals surface area (Å²) in [5.41, 5.74) is 1.13. The smallest absolute Gasteiger partial charge is 0.134 e. The molecule has 1 heterocycles. The lowest BCUT2D eigenvalue weighted by Gasteiger charge is -2.16. The van der Waals surface area contributed by atoms with Gasteiger partial charge < -0.3 is 0 Å². The maximum absolute atomic E-state index is 4.49. The van der Waals surface area contributed by atoms with Crippen LogP contribution in [0.2, 0.25) is 0 Å². The highest BCUT2D eigenvalue weighted by molar-refractivity contribution is 5.07. The first kappa shape index (κ1) is 10.2. The molecule has 0 saturated heterocycles. The van der Waals surface area contributed by atoms with Crippen molar-refractivity contribution in [2.24, 2.45) is 0 Å². The van der Waals surface area contributed by atoms with Crippen LogP contribution in [0, 0.1) is 6.20 Å². The summed E-state index contributed by atoms with van der Waals surface area (Å²) in [5, 5.41) is 0. The predicted octanol–water partition coefficient (Wildman–Crippen LogP) is 2.53.